The van der Waals surface area contributed by atoms with E-state index < -0.39 is 5.97 Å². The number of carboxylic acid groups (broad SMARTS) is 1. The van der Waals surface area contributed by atoms with Crippen molar-refractivity contribution in [2.24, 2.45) is 0 Å². The van der Waals surface area contributed by atoms with Gasteiger partial charge in [-0.1, -0.05) is 37.5 Å². The highest BCUT2D eigenvalue weighted by Crippen LogP contribution is 2.08. The first-order valence-corrected chi connectivity index (χ1v) is 5.99. The fourth-order valence-electron chi connectivity index (χ4n) is 1.36. The minimum Gasteiger partial charge on any atom is -0.480 e. The van der Waals surface area contributed by atoms with Gasteiger partial charge in [-0.3, -0.25) is 9.59 Å². The Labute approximate surface area is 108 Å². The monoisotopic (exact) mass is 251 g/mol. The lowest BCUT2D eigenvalue weighted by atomic mass is 10.1. The molecular weight excluding hydrogens is 230 g/mol. The molecular formula is C14H21NO3. The molecule has 0 saturated heterocycles. The summed E-state index contributed by atoms with van der Waals surface area (Å²) < 4.78 is 0. The lowest BCUT2D eigenvalue weighted by Gasteiger charge is -2.04. The summed E-state index contributed by atoms with van der Waals surface area (Å²) in [6, 6.07) is 5.41. The molecule has 1 rings (SSSR count). The van der Waals surface area contributed by atoms with Crippen LogP contribution in [0.3, 0.4) is 0 Å². The van der Waals surface area contributed by atoms with Crippen LogP contribution >= 0.6 is 0 Å². The van der Waals surface area contributed by atoms with E-state index in [0.717, 1.165) is 11.1 Å². The molecule has 1 aromatic carbocycles. The highest BCUT2D eigenvalue weighted by molar-refractivity contribution is 5.96. The molecule has 100 valence electrons. The topological polar surface area (TPSA) is 66.4 Å². The van der Waals surface area contributed by atoms with E-state index in [1.807, 2.05) is 19.9 Å². The van der Waals surface area contributed by atoms with Crippen LogP contribution in [-0.4, -0.2) is 23.5 Å². The van der Waals surface area contributed by atoms with Crippen molar-refractivity contribution in [1.82, 2.24) is 5.32 Å². The number of rotatable bonds is 3. The van der Waals surface area contributed by atoms with Gasteiger partial charge in [0.15, 0.2) is 0 Å². The molecule has 0 radical (unpaired) electrons. The molecule has 0 aromatic heterocycles. The second-order valence-electron chi connectivity index (χ2n) is 4.16. The predicted octanol–water partition coefficient (Wildman–Crippen LogP) is 2.53. The molecule has 4 heteroatoms. The summed E-state index contributed by atoms with van der Waals surface area (Å²) in [6.07, 6.45) is 1.25. The van der Waals surface area contributed by atoms with E-state index in [1.165, 1.54) is 6.42 Å². The summed E-state index contributed by atoms with van der Waals surface area (Å²) in [7, 11) is 0. The predicted molar refractivity (Wildman–Crippen MR) is 71.9 cm³/mol. The van der Waals surface area contributed by atoms with Gasteiger partial charge in [0.1, 0.15) is 6.54 Å². The summed E-state index contributed by atoms with van der Waals surface area (Å²) in [5.41, 5.74) is 2.46. The van der Waals surface area contributed by atoms with Crippen molar-refractivity contribution in [2.45, 2.75) is 34.1 Å². The second-order valence-corrected chi connectivity index (χ2v) is 4.16. The zero-order chi connectivity index (χ0) is 14.1. The van der Waals surface area contributed by atoms with Crippen LogP contribution in [0.15, 0.2) is 18.2 Å². The molecule has 0 aliphatic carbocycles. The molecule has 0 fully saturated rings. The van der Waals surface area contributed by atoms with E-state index in [-0.39, 0.29) is 12.5 Å². The molecule has 0 bridgehead atoms. The van der Waals surface area contributed by atoms with Crippen molar-refractivity contribution >= 4 is 11.9 Å². The third-order valence-corrected chi connectivity index (χ3v) is 1.88. The molecule has 18 heavy (non-hydrogen) atoms. The second kappa shape index (κ2) is 8.28. The van der Waals surface area contributed by atoms with E-state index in [1.54, 1.807) is 12.1 Å². The average Bonchev–Trinajstić information content (AvgIpc) is 2.25. The molecule has 0 saturated carbocycles. The molecule has 0 atom stereocenters. The van der Waals surface area contributed by atoms with Crippen molar-refractivity contribution < 1.29 is 14.7 Å². The number of nitrogens with one attached hydrogen (secondary N) is 1. The summed E-state index contributed by atoms with van der Waals surface area (Å²) in [5.74, 6) is -1.41. The van der Waals surface area contributed by atoms with Gasteiger partial charge >= 0.3 is 5.97 Å². The summed E-state index contributed by atoms with van der Waals surface area (Å²) in [4.78, 5) is 21.7. The van der Waals surface area contributed by atoms with Crippen LogP contribution in [0.25, 0.3) is 0 Å². The minimum absolute atomic E-state index is 0.355. The van der Waals surface area contributed by atoms with Gasteiger partial charge in [-0.25, -0.2) is 0 Å². The van der Waals surface area contributed by atoms with E-state index in [4.69, 9.17) is 5.11 Å². The van der Waals surface area contributed by atoms with Crippen LogP contribution in [0.1, 0.15) is 41.8 Å². The van der Waals surface area contributed by atoms with Gasteiger partial charge < -0.3 is 10.4 Å². The Morgan fingerprint density at radius 1 is 1.11 bits per heavy atom. The maximum absolute atomic E-state index is 11.5. The van der Waals surface area contributed by atoms with Gasteiger partial charge in [0.2, 0.25) is 0 Å². The van der Waals surface area contributed by atoms with Gasteiger partial charge in [-0.15, -0.1) is 0 Å². The fourth-order valence-corrected chi connectivity index (χ4v) is 1.36. The number of aliphatic carboxylic acids is 1. The zero-order valence-corrected chi connectivity index (χ0v) is 11.4. The maximum atomic E-state index is 11.5. The zero-order valence-electron chi connectivity index (χ0n) is 11.4. The van der Waals surface area contributed by atoms with Gasteiger partial charge in [0.05, 0.1) is 0 Å². The minimum atomic E-state index is -1.05. The Morgan fingerprint density at radius 2 is 1.56 bits per heavy atom. The normalized spacial score (nSPS) is 9.11. The van der Waals surface area contributed by atoms with Crippen LogP contribution in [0, 0.1) is 13.8 Å². The van der Waals surface area contributed by atoms with Crippen LogP contribution in [0.5, 0.6) is 0 Å². The van der Waals surface area contributed by atoms with Crippen molar-refractivity contribution in [3.8, 4) is 0 Å². The average molecular weight is 251 g/mol. The number of amides is 1. The number of carbonyl (C=O) groups excluding carboxylic acids is 1. The maximum Gasteiger partial charge on any atom is 0.322 e. The Bertz CT molecular complexity index is 393. The quantitative estimate of drug-likeness (QED) is 0.867. The molecule has 2 N–H and O–H groups in total. The number of carboxylic acids is 1. The van der Waals surface area contributed by atoms with Gasteiger partial charge in [-0.05, 0) is 26.0 Å². The van der Waals surface area contributed by atoms with Gasteiger partial charge in [0.25, 0.3) is 5.91 Å². The lowest BCUT2D eigenvalue weighted by Crippen LogP contribution is -2.29. The van der Waals surface area contributed by atoms with Crippen molar-refractivity contribution in [2.75, 3.05) is 6.54 Å². The SMILES string of the molecule is CCC.Cc1cc(C)cc(C(=O)NCC(=O)O)c1. The number of benzene rings is 1. The smallest absolute Gasteiger partial charge is 0.322 e. The van der Waals surface area contributed by atoms with E-state index >= 15 is 0 Å². The van der Waals surface area contributed by atoms with E-state index in [9.17, 15) is 9.59 Å². The molecule has 0 aliphatic heterocycles. The standard InChI is InChI=1S/C11H13NO3.C3H8/c1-7-3-8(2)5-9(4-7)11(15)12-6-10(13)14;1-3-2/h3-5H,6H2,1-2H3,(H,12,15)(H,13,14);3H2,1-2H3. The Balaban J connectivity index is 0.000000873. The van der Waals surface area contributed by atoms with Crippen LogP contribution < -0.4 is 5.32 Å². The summed E-state index contributed by atoms with van der Waals surface area (Å²) in [5, 5.41) is 10.7. The molecule has 4 nitrogen and oxygen atoms in total. The molecule has 0 aliphatic rings. The molecule has 1 aromatic rings. The summed E-state index contributed by atoms with van der Waals surface area (Å²) >= 11 is 0. The number of hydrogen-bond acceptors (Lipinski definition) is 2. The van der Waals surface area contributed by atoms with Gasteiger partial charge in [-0.2, -0.15) is 0 Å². The van der Waals surface area contributed by atoms with Crippen LogP contribution in [-0.2, 0) is 4.79 Å². The summed E-state index contributed by atoms with van der Waals surface area (Å²) in [6.45, 7) is 7.67. The number of aryl methyl sites for hydroxylation is 2. The van der Waals surface area contributed by atoms with Crippen LogP contribution in [0.4, 0.5) is 0 Å². The fraction of sp³-hybridized carbons (Fsp3) is 0.429. The highest BCUT2D eigenvalue weighted by atomic mass is 16.4. The van der Waals surface area contributed by atoms with E-state index in [0.29, 0.717) is 5.56 Å². The Hall–Kier alpha value is -1.84. The number of hydrogen-bond donors (Lipinski definition) is 2. The third-order valence-electron chi connectivity index (χ3n) is 1.88. The molecule has 1 amide bonds. The van der Waals surface area contributed by atoms with E-state index in [2.05, 4.69) is 19.2 Å². The lowest BCUT2D eigenvalue weighted by molar-refractivity contribution is -0.135. The first kappa shape index (κ1) is 16.2. The van der Waals surface area contributed by atoms with Crippen molar-refractivity contribution in [1.29, 1.82) is 0 Å². The first-order valence-electron chi connectivity index (χ1n) is 5.99. The largest absolute Gasteiger partial charge is 0.480 e. The van der Waals surface area contributed by atoms with Crippen molar-refractivity contribution in [3.05, 3.63) is 34.9 Å². The Kier molecular flexibility index (Phi) is 7.43. The molecule has 0 spiro atoms. The third kappa shape index (κ3) is 6.68. The number of carbonyl (C=O) groups is 2. The molecule has 0 heterocycles. The van der Waals surface area contributed by atoms with Gasteiger partial charge in [0, 0.05) is 5.56 Å². The van der Waals surface area contributed by atoms with Crippen LogP contribution in [0.2, 0.25) is 0 Å². The Morgan fingerprint density at radius 3 is 1.94 bits per heavy atom. The first-order chi connectivity index (χ1) is 8.40. The van der Waals surface area contributed by atoms with Crippen molar-refractivity contribution in [3.63, 3.8) is 0 Å². The molecule has 0 unspecified atom stereocenters. The highest BCUT2D eigenvalue weighted by Gasteiger charge is 2.07.